The van der Waals surface area contributed by atoms with Gasteiger partial charge in [0.15, 0.2) is 5.96 Å². The molecule has 0 radical (unpaired) electrons. The molecule has 2 aliphatic rings. The van der Waals surface area contributed by atoms with Crippen LogP contribution in [0.1, 0.15) is 38.9 Å². The Hall–Kier alpha value is -0.830. The Morgan fingerprint density at radius 2 is 2.25 bits per heavy atom. The largest absolute Gasteiger partial charge is 0.370 e. The van der Waals surface area contributed by atoms with Crippen LogP contribution in [0, 0.1) is 11.3 Å². The molecule has 2 unspecified atom stereocenters. The van der Waals surface area contributed by atoms with E-state index in [1.165, 1.54) is 6.42 Å². The Morgan fingerprint density at radius 3 is 2.83 bits per heavy atom. The fourth-order valence-corrected chi connectivity index (χ4v) is 3.16. The van der Waals surface area contributed by atoms with E-state index in [4.69, 9.17) is 9.73 Å². The zero-order valence-corrected chi connectivity index (χ0v) is 17.5. The van der Waals surface area contributed by atoms with Gasteiger partial charge in [-0.1, -0.05) is 13.8 Å². The Bertz CT molecular complexity index is 571. The second kappa shape index (κ2) is 8.03. The van der Waals surface area contributed by atoms with Crippen molar-refractivity contribution in [1.82, 2.24) is 20.0 Å². The third kappa shape index (κ3) is 4.62. The van der Waals surface area contributed by atoms with Gasteiger partial charge in [-0.3, -0.25) is 9.67 Å². The summed E-state index contributed by atoms with van der Waals surface area (Å²) in [6.45, 7) is 11.0. The number of hydrogen-bond acceptors (Lipinski definition) is 3. The maximum atomic E-state index is 5.93. The van der Waals surface area contributed by atoms with E-state index in [1.54, 1.807) is 0 Å². The predicted octanol–water partition coefficient (Wildman–Crippen LogP) is 2.42. The van der Waals surface area contributed by atoms with Crippen molar-refractivity contribution in [3.8, 4) is 0 Å². The van der Waals surface area contributed by atoms with E-state index in [1.807, 2.05) is 24.1 Å². The zero-order valence-electron chi connectivity index (χ0n) is 15.2. The van der Waals surface area contributed by atoms with E-state index < -0.39 is 0 Å². The molecule has 3 rings (SSSR count). The highest BCUT2D eigenvalue weighted by atomic mass is 127. The summed E-state index contributed by atoms with van der Waals surface area (Å²) in [4.78, 5) is 7.20. The molecule has 1 aliphatic heterocycles. The van der Waals surface area contributed by atoms with Crippen molar-refractivity contribution < 1.29 is 4.74 Å². The number of nitrogens with one attached hydrogen (secondary N) is 1. The summed E-state index contributed by atoms with van der Waals surface area (Å²) in [6.07, 6.45) is 5.28. The molecular formula is C17H30IN5O. The molecule has 24 heavy (non-hydrogen) atoms. The molecular weight excluding hydrogens is 417 g/mol. The average molecular weight is 447 g/mol. The second-order valence-corrected chi connectivity index (χ2v) is 7.34. The number of hydrogen-bond donors (Lipinski definition) is 1. The standard InChI is InChI=1S/C17H29N5O.HI/c1-5-18-16(19-10-14-8-17(14,2)3)22-6-7-23-15(12-22)13-9-20-21(4)11-13;/h9,11,14-15H,5-8,10,12H2,1-4H3,(H,18,19);1H. The van der Waals surface area contributed by atoms with Crippen LogP contribution in [-0.2, 0) is 11.8 Å². The molecule has 7 heteroatoms. The first-order chi connectivity index (χ1) is 11.0. The quantitative estimate of drug-likeness (QED) is 0.438. The van der Waals surface area contributed by atoms with Gasteiger partial charge in [0.1, 0.15) is 6.10 Å². The number of guanidine groups is 1. The van der Waals surface area contributed by atoms with E-state index in [9.17, 15) is 0 Å². The molecule has 2 fully saturated rings. The first-order valence-corrected chi connectivity index (χ1v) is 8.63. The van der Waals surface area contributed by atoms with Crippen LogP contribution in [0.25, 0.3) is 0 Å². The number of ether oxygens (including phenoxy) is 1. The van der Waals surface area contributed by atoms with Gasteiger partial charge in [-0.15, -0.1) is 24.0 Å². The Kier molecular flexibility index (Phi) is 6.52. The molecule has 136 valence electrons. The van der Waals surface area contributed by atoms with Crippen LogP contribution in [0.5, 0.6) is 0 Å². The number of halogens is 1. The van der Waals surface area contributed by atoms with Crippen LogP contribution in [0.2, 0.25) is 0 Å². The molecule has 1 aromatic heterocycles. The minimum absolute atomic E-state index is 0. The zero-order chi connectivity index (χ0) is 16.4. The molecule has 2 heterocycles. The third-order valence-corrected chi connectivity index (χ3v) is 4.98. The first kappa shape index (κ1) is 19.5. The summed E-state index contributed by atoms with van der Waals surface area (Å²) in [6, 6.07) is 0. The summed E-state index contributed by atoms with van der Waals surface area (Å²) in [5.41, 5.74) is 1.61. The smallest absolute Gasteiger partial charge is 0.194 e. The Labute approximate surface area is 162 Å². The maximum absolute atomic E-state index is 5.93. The number of aromatic nitrogens is 2. The van der Waals surface area contributed by atoms with Gasteiger partial charge in [0.2, 0.25) is 0 Å². The van der Waals surface area contributed by atoms with Crippen LogP contribution in [0.15, 0.2) is 17.4 Å². The molecule has 2 atom stereocenters. The van der Waals surface area contributed by atoms with Gasteiger partial charge < -0.3 is 15.0 Å². The van der Waals surface area contributed by atoms with Gasteiger partial charge in [0, 0.05) is 38.4 Å². The molecule has 1 saturated carbocycles. The topological polar surface area (TPSA) is 54.7 Å². The predicted molar refractivity (Wildman–Crippen MR) is 107 cm³/mol. The van der Waals surface area contributed by atoms with Gasteiger partial charge in [-0.25, -0.2) is 0 Å². The van der Waals surface area contributed by atoms with Gasteiger partial charge >= 0.3 is 0 Å². The minimum Gasteiger partial charge on any atom is -0.370 e. The van der Waals surface area contributed by atoms with Gasteiger partial charge in [-0.05, 0) is 24.7 Å². The van der Waals surface area contributed by atoms with E-state index in [-0.39, 0.29) is 30.1 Å². The molecule has 0 amide bonds. The monoisotopic (exact) mass is 447 g/mol. The molecule has 1 aromatic rings. The minimum atomic E-state index is 0. The molecule has 1 saturated heterocycles. The molecule has 0 spiro atoms. The number of aliphatic imine (C=N–C) groups is 1. The summed E-state index contributed by atoms with van der Waals surface area (Å²) >= 11 is 0. The van der Waals surface area contributed by atoms with Crippen LogP contribution in [-0.4, -0.2) is 53.4 Å². The lowest BCUT2D eigenvalue weighted by Crippen LogP contribution is -2.48. The van der Waals surface area contributed by atoms with Crippen molar-refractivity contribution in [3.05, 3.63) is 18.0 Å². The molecule has 0 bridgehead atoms. The van der Waals surface area contributed by atoms with Crippen LogP contribution in [0.3, 0.4) is 0 Å². The van der Waals surface area contributed by atoms with Crippen molar-refractivity contribution in [2.75, 3.05) is 32.8 Å². The maximum Gasteiger partial charge on any atom is 0.194 e. The van der Waals surface area contributed by atoms with Gasteiger partial charge in [0.25, 0.3) is 0 Å². The lowest BCUT2D eigenvalue weighted by molar-refractivity contribution is -0.00805. The lowest BCUT2D eigenvalue weighted by Gasteiger charge is -2.34. The van der Waals surface area contributed by atoms with E-state index in [2.05, 4.69) is 36.1 Å². The highest BCUT2D eigenvalue weighted by Gasteiger charge is 2.45. The highest BCUT2D eigenvalue weighted by Crippen LogP contribution is 2.51. The van der Waals surface area contributed by atoms with E-state index in [0.29, 0.717) is 5.41 Å². The normalized spacial score (nSPS) is 26.0. The number of aryl methyl sites for hydroxylation is 1. The van der Waals surface area contributed by atoms with Crippen molar-refractivity contribution >= 4 is 29.9 Å². The third-order valence-electron chi connectivity index (χ3n) is 4.98. The number of morpholine rings is 1. The summed E-state index contributed by atoms with van der Waals surface area (Å²) < 4.78 is 7.75. The van der Waals surface area contributed by atoms with Gasteiger partial charge in [-0.2, -0.15) is 5.10 Å². The Balaban J connectivity index is 0.00000208. The fourth-order valence-electron chi connectivity index (χ4n) is 3.16. The lowest BCUT2D eigenvalue weighted by atomic mass is 10.1. The SMILES string of the molecule is CCNC(=NCC1CC1(C)C)N1CCOC(c2cnn(C)c2)C1.I. The molecule has 1 aliphatic carbocycles. The molecule has 6 nitrogen and oxygen atoms in total. The van der Waals surface area contributed by atoms with Gasteiger partial charge in [0.05, 0.1) is 19.3 Å². The van der Waals surface area contributed by atoms with E-state index >= 15 is 0 Å². The van der Waals surface area contributed by atoms with Crippen molar-refractivity contribution in [1.29, 1.82) is 0 Å². The molecule has 1 N–H and O–H groups in total. The second-order valence-electron chi connectivity index (χ2n) is 7.34. The fraction of sp³-hybridized carbons (Fsp3) is 0.765. The average Bonchev–Trinajstić information content (AvgIpc) is 2.92. The summed E-state index contributed by atoms with van der Waals surface area (Å²) in [7, 11) is 1.94. The Morgan fingerprint density at radius 1 is 1.50 bits per heavy atom. The summed E-state index contributed by atoms with van der Waals surface area (Å²) in [5.74, 6) is 1.75. The highest BCUT2D eigenvalue weighted by molar-refractivity contribution is 14.0. The van der Waals surface area contributed by atoms with Crippen LogP contribution >= 0.6 is 24.0 Å². The van der Waals surface area contributed by atoms with Crippen LogP contribution in [0.4, 0.5) is 0 Å². The summed E-state index contributed by atoms with van der Waals surface area (Å²) in [5, 5.41) is 7.69. The first-order valence-electron chi connectivity index (χ1n) is 8.63. The van der Waals surface area contributed by atoms with Crippen molar-refractivity contribution in [2.24, 2.45) is 23.4 Å². The number of rotatable bonds is 4. The number of nitrogens with zero attached hydrogens (tertiary/aromatic N) is 4. The van der Waals surface area contributed by atoms with Crippen LogP contribution < -0.4 is 5.32 Å². The van der Waals surface area contributed by atoms with Crippen molar-refractivity contribution in [2.45, 2.75) is 33.3 Å². The van der Waals surface area contributed by atoms with Crippen molar-refractivity contribution in [3.63, 3.8) is 0 Å². The van der Waals surface area contributed by atoms with E-state index in [0.717, 1.165) is 50.2 Å². The molecule has 0 aromatic carbocycles.